The standard InChI is InChI=1S/C13H17N3O2/c14-12(13(17)18)7-9-5-10(15-1-2-15)8-11(6-9)16-3-4-16/h5-6,8,12H,1-4,7,14H2,(H,17,18)/t12-/m0/s1. The zero-order valence-corrected chi connectivity index (χ0v) is 10.2. The van der Waals surface area contributed by atoms with E-state index in [0.717, 1.165) is 31.7 Å². The molecule has 0 unspecified atom stereocenters. The van der Waals surface area contributed by atoms with Crippen LogP contribution in [0.15, 0.2) is 18.2 Å². The van der Waals surface area contributed by atoms with Crippen LogP contribution >= 0.6 is 0 Å². The molecule has 5 heteroatoms. The van der Waals surface area contributed by atoms with Gasteiger partial charge in [-0.2, -0.15) is 0 Å². The topological polar surface area (TPSA) is 69.3 Å². The summed E-state index contributed by atoms with van der Waals surface area (Å²) in [5.74, 6) is -0.944. The molecule has 0 amide bonds. The first-order valence-electron chi connectivity index (χ1n) is 6.26. The minimum Gasteiger partial charge on any atom is -0.480 e. The Morgan fingerprint density at radius 3 is 2.06 bits per heavy atom. The summed E-state index contributed by atoms with van der Waals surface area (Å²) in [5.41, 5.74) is 8.99. The van der Waals surface area contributed by atoms with Gasteiger partial charge < -0.3 is 20.6 Å². The molecule has 0 saturated carbocycles. The molecule has 18 heavy (non-hydrogen) atoms. The summed E-state index contributed by atoms with van der Waals surface area (Å²) >= 11 is 0. The van der Waals surface area contributed by atoms with Crippen LogP contribution in [0.4, 0.5) is 11.4 Å². The zero-order chi connectivity index (χ0) is 12.7. The van der Waals surface area contributed by atoms with Gasteiger partial charge in [-0.05, 0) is 30.2 Å². The molecule has 0 aromatic heterocycles. The van der Waals surface area contributed by atoms with E-state index in [1.54, 1.807) is 0 Å². The van der Waals surface area contributed by atoms with Gasteiger partial charge in [0, 0.05) is 37.6 Å². The number of carboxylic acids is 1. The molecule has 2 saturated heterocycles. The highest BCUT2D eigenvalue weighted by Gasteiger charge is 2.24. The first-order chi connectivity index (χ1) is 8.63. The van der Waals surface area contributed by atoms with E-state index in [2.05, 4.69) is 28.0 Å². The average Bonchev–Trinajstić information content (AvgIpc) is 3.17. The lowest BCUT2D eigenvalue weighted by Gasteiger charge is -2.13. The Balaban J connectivity index is 1.85. The quantitative estimate of drug-likeness (QED) is 0.731. The Bertz CT molecular complexity index is 451. The maximum Gasteiger partial charge on any atom is 0.320 e. The summed E-state index contributed by atoms with van der Waals surface area (Å²) in [6, 6.07) is 5.47. The van der Waals surface area contributed by atoms with Crippen LogP contribution in [0, 0.1) is 0 Å². The smallest absolute Gasteiger partial charge is 0.320 e. The minimum absolute atomic E-state index is 0.387. The van der Waals surface area contributed by atoms with Crippen molar-refractivity contribution < 1.29 is 9.90 Å². The molecule has 2 aliphatic heterocycles. The highest BCUT2D eigenvalue weighted by atomic mass is 16.4. The summed E-state index contributed by atoms with van der Waals surface area (Å²) in [6.45, 7) is 4.36. The molecule has 0 aliphatic carbocycles. The molecule has 3 N–H and O–H groups in total. The number of nitrogens with two attached hydrogens (primary N) is 1. The van der Waals surface area contributed by atoms with Crippen LogP contribution in [0.1, 0.15) is 5.56 Å². The molecule has 3 rings (SSSR count). The second-order valence-electron chi connectivity index (χ2n) is 4.98. The van der Waals surface area contributed by atoms with Crippen LogP contribution in [0.2, 0.25) is 0 Å². The van der Waals surface area contributed by atoms with Gasteiger partial charge in [0.25, 0.3) is 0 Å². The summed E-state index contributed by atoms with van der Waals surface area (Å²) in [5, 5.41) is 8.88. The van der Waals surface area contributed by atoms with E-state index in [1.807, 2.05) is 0 Å². The number of nitrogens with zero attached hydrogens (tertiary/aromatic N) is 2. The largest absolute Gasteiger partial charge is 0.480 e. The van der Waals surface area contributed by atoms with Gasteiger partial charge in [0.1, 0.15) is 6.04 Å². The lowest BCUT2D eigenvalue weighted by Crippen LogP contribution is -2.32. The minimum atomic E-state index is -0.944. The molecule has 1 atom stereocenters. The number of carbonyl (C=O) groups is 1. The van der Waals surface area contributed by atoms with E-state index in [-0.39, 0.29) is 0 Å². The van der Waals surface area contributed by atoms with Crippen molar-refractivity contribution in [3.05, 3.63) is 23.8 Å². The van der Waals surface area contributed by atoms with E-state index in [0.29, 0.717) is 6.42 Å². The third-order valence-corrected chi connectivity index (χ3v) is 3.36. The second-order valence-corrected chi connectivity index (χ2v) is 4.98. The second kappa shape index (κ2) is 4.17. The van der Waals surface area contributed by atoms with Crippen molar-refractivity contribution in [3.8, 4) is 0 Å². The summed E-state index contributed by atoms with van der Waals surface area (Å²) in [6.07, 6.45) is 0.387. The Hall–Kier alpha value is -1.75. The van der Waals surface area contributed by atoms with Gasteiger partial charge >= 0.3 is 5.97 Å². The van der Waals surface area contributed by atoms with E-state index in [1.165, 1.54) is 11.4 Å². The van der Waals surface area contributed by atoms with Crippen LogP contribution in [0.3, 0.4) is 0 Å². The number of aliphatic carboxylic acids is 1. The van der Waals surface area contributed by atoms with Gasteiger partial charge in [-0.25, -0.2) is 0 Å². The SMILES string of the molecule is N[C@@H](Cc1cc(N2CC2)cc(N2CC2)c1)C(=O)O. The Morgan fingerprint density at radius 2 is 1.67 bits per heavy atom. The molecule has 5 nitrogen and oxygen atoms in total. The van der Waals surface area contributed by atoms with Gasteiger partial charge in [0.15, 0.2) is 0 Å². The summed E-state index contributed by atoms with van der Waals surface area (Å²) in [7, 11) is 0. The maximum absolute atomic E-state index is 10.8. The van der Waals surface area contributed by atoms with Crippen LogP contribution in [-0.2, 0) is 11.2 Å². The van der Waals surface area contributed by atoms with Gasteiger partial charge in [-0.15, -0.1) is 0 Å². The molecule has 2 fully saturated rings. The highest BCUT2D eigenvalue weighted by molar-refractivity contribution is 5.74. The monoisotopic (exact) mass is 247 g/mol. The van der Waals surface area contributed by atoms with Crippen molar-refractivity contribution in [3.63, 3.8) is 0 Å². The lowest BCUT2D eigenvalue weighted by molar-refractivity contribution is -0.138. The molecule has 1 aromatic rings. The molecular weight excluding hydrogens is 230 g/mol. The van der Waals surface area contributed by atoms with E-state index in [4.69, 9.17) is 10.8 Å². The number of carboxylic acid groups (broad SMARTS) is 1. The molecule has 96 valence electrons. The van der Waals surface area contributed by atoms with Crippen LogP contribution in [0.25, 0.3) is 0 Å². The van der Waals surface area contributed by atoms with Crippen LogP contribution in [0.5, 0.6) is 0 Å². The van der Waals surface area contributed by atoms with Crippen molar-refractivity contribution in [2.24, 2.45) is 5.73 Å². The van der Waals surface area contributed by atoms with Crippen molar-refractivity contribution in [2.45, 2.75) is 12.5 Å². The molecular formula is C13H17N3O2. The Labute approximate surface area is 106 Å². The first-order valence-corrected chi connectivity index (χ1v) is 6.26. The number of hydrogen-bond donors (Lipinski definition) is 2. The predicted octanol–water partition coefficient (Wildman–Crippen LogP) is 0.281. The molecule has 1 aromatic carbocycles. The molecule has 0 bridgehead atoms. The van der Waals surface area contributed by atoms with Crippen molar-refractivity contribution in [2.75, 3.05) is 36.0 Å². The van der Waals surface area contributed by atoms with Crippen molar-refractivity contribution >= 4 is 17.3 Å². The molecule has 0 spiro atoms. The van der Waals surface area contributed by atoms with Gasteiger partial charge in [-0.1, -0.05) is 0 Å². The number of rotatable bonds is 5. The summed E-state index contributed by atoms with van der Waals surface area (Å²) < 4.78 is 0. The fraction of sp³-hybridized carbons (Fsp3) is 0.462. The van der Waals surface area contributed by atoms with Crippen molar-refractivity contribution in [1.82, 2.24) is 0 Å². The van der Waals surface area contributed by atoms with E-state index in [9.17, 15) is 4.79 Å². The fourth-order valence-corrected chi connectivity index (χ4v) is 2.10. The molecule has 0 radical (unpaired) electrons. The third-order valence-electron chi connectivity index (χ3n) is 3.36. The first kappa shape index (κ1) is 11.3. The number of hydrogen-bond acceptors (Lipinski definition) is 4. The number of benzene rings is 1. The highest BCUT2D eigenvalue weighted by Crippen LogP contribution is 2.31. The summed E-state index contributed by atoms with van der Waals surface area (Å²) in [4.78, 5) is 15.4. The Kier molecular flexibility index (Phi) is 2.63. The van der Waals surface area contributed by atoms with E-state index >= 15 is 0 Å². The fourth-order valence-electron chi connectivity index (χ4n) is 2.10. The van der Waals surface area contributed by atoms with E-state index < -0.39 is 12.0 Å². The normalized spacial score (nSPS) is 18.7. The maximum atomic E-state index is 10.8. The average molecular weight is 247 g/mol. The lowest BCUT2D eigenvalue weighted by atomic mass is 10.0. The zero-order valence-electron chi connectivity index (χ0n) is 10.2. The molecule has 2 heterocycles. The van der Waals surface area contributed by atoms with Crippen molar-refractivity contribution in [1.29, 1.82) is 0 Å². The van der Waals surface area contributed by atoms with Gasteiger partial charge in [0.2, 0.25) is 0 Å². The third kappa shape index (κ3) is 2.41. The Morgan fingerprint density at radius 1 is 1.17 bits per heavy atom. The van der Waals surface area contributed by atoms with Crippen LogP contribution in [-0.4, -0.2) is 43.3 Å². The molecule has 2 aliphatic rings. The number of anilines is 2. The van der Waals surface area contributed by atoms with Gasteiger partial charge in [-0.3, -0.25) is 4.79 Å². The van der Waals surface area contributed by atoms with Gasteiger partial charge in [0.05, 0.1) is 0 Å². The van der Waals surface area contributed by atoms with Crippen LogP contribution < -0.4 is 15.5 Å². The predicted molar refractivity (Wildman–Crippen MR) is 70.2 cm³/mol.